The molecule has 1 heteroatoms. The van der Waals surface area contributed by atoms with Crippen molar-refractivity contribution >= 4 is 0 Å². The molecule has 64 valence electrons. The van der Waals surface area contributed by atoms with Crippen LogP contribution in [0.5, 0.6) is 0 Å². The molecule has 0 aromatic rings. The van der Waals surface area contributed by atoms with E-state index in [9.17, 15) is 5.11 Å². The van der Waals surface area contributed by atoms with Crippen LogP contribution in [-0.4, -0.2) is 10.7 Å². The Kier molecular flexibility index (Phi) is 1.71. The Labute approximate surface area is 68.8 Å². The molecule has 11 heavy (non-hydrogen) atoms. The first kappa shape index (κ1) is 7.60. The molecule has 2 aliphatic rings. The monoisotopic (exact) mass is 154 g/mol. The quantitative estimate of drug-likeness (QED) is 0.614. The average Bonchev–Trinajstić information content (AvgIpc) is 2.69. The molecule has 2 fully saturated rings. The third kappa shape index (κ3) is 1.44. The fourth-order valence-corrected chi connectivity index (χ4v) is 2.59. The van der Waals surface area contributed by atoms with Gasteiger partial charge in [-0.1, -0.05) is 12.8 Å². The van der Waals surface area contributed by atoms with E-state index in [4.69, 9.17) is 0 Å². The second-order valence-corrected chi connectivity index (χ2v) is 4.55. The van der Waals surface area contributed by atoms with E-state index in [2.05, 4.69) is 0 Å². The molecule has 1 N–H and O–H groups in total. The Hall–Kier alpha value is -0.0400. The Morgan fingerprint density at radius 3 is 2.45 bits per heavy atom. The summed E-state index contributed by atoms with van der Waals surface area (Å²) in [5.74, 6) is 1.52. The molecular weight excluding hydrogens is 136 g/mol. The van der Waals surface area contributed by atoms with Crippen molar-refractivity contribution in [3.05, 3.63) is 0 Å². The molecule has 0 aromatic carbocycles. The summed E-state index contributed by atoms with van der Waals surface area (Å²) in [6.07, 6.45) is 7.64. The lowest BCUT2D eigenvalue weighted by Gasteiger charge is -2.37. The van der Waals surface area contributed by atoms with Gasteiger partial charge in [0.1, 0.15) is 0 Å². The maximum absolute atomic E-state index is 10.0. The zero-order valence-corrected chi connectivity index (χ0v) is 7.34. The highest BCUT2D eigenvalue weighted by Crippen LogP contribution is 2.48. The predicted octanol–water partition coefficient (Wildman–Crippen LogP) is 2.34. The summed E-state index contributed by atoms with van der Waals surface area (Å²) in [5.41, 5.74) is -0.320. The third-order valence-corrected chi connectivity index (χ3v) is 3.44. The summed E-state index contributed by atoms with van der Waals surface area (Å²) in [6, 6.07) is 0. The molecule has 0 saturated heterocycles. The van der Waals surface area contributed by atoms with Crippen molar-refractivity contribution in [2.24, 2.45) is 11.8 Å². The first-order valence-electron chi connectivity index (χ1n) is 4.92. The van der Waals surface area contributed by atoms with Gasteiger partial charge < -0.3 is 5.11 Å². The molecule has 0 aromatic heterocycles. The predicted molar refractivity (Wildman–Crippen MR) is 45.3 cm³/mol. The number of hydrogen-bond donors (Lipinski definition) is 1. The van der Waals surface area contributed by atoms with Gasteiger partial charge in [-0.3, -0.25) is 0 Å². The highest BCUT2D eigenvalue weighted by Gasteiger charge is 2.43. The number of hydrogen-bond acceptors (Lipinski definition) is 1. The Morgan fingerprint density at radius 1 is 1.18 bits per heavy atom. The van der Waals surface area contributed by atoms with Crippen molar-refractivity contribution < 1.29 is 5.11 Å². The summed E-state index contributed by atoms with van der Waals surface area (Å²) in [6.45, 7) is 2.04. The Balaban J connectivity index is 2.02. The zero-order valence-electron chi connectivity index (χ0n) is 7.34. The lowest BCUT2D eigenvalue weighted by molar-refractivity contribution is -0.0407. The molecule has 0 aliphatic heterocycles. The van der Waals surface area contributed by atoms with Crippen LogP contribution in [0.1, 0.15) is 45.4 Å². The van der Waals surface area contributed by atoms with E-state index in [-0.39, 0.29) is 5.60 Å². The minimum atomic E-state index is -0.320. The third-order valence-electron chi connectivity index (χ3n) is 3.44. The van der Waals surface area contributed by atoms with E-state index in [0.717, 1.165) is 12.3 Å². The van der Waals surface area contributed by atoms with Gasteiger partial charge in [-0.2, -0.15) is 0 Å². The Morgan fingerprint density at radius 2 is 1.91 bits per heavy atom. The highest BCUT2D eigenvalue weighted by atomic mass is 16.3. The van der Waals surface area contributed by atoms with Gasteiger partial charge in [0.15, 0.2) is 0 Å². The van der Waals surface area contributed by atoms with E-state index >= 15 is 0 Å². The molecule has 0 spiro atoms. The van der Waals surface area contributed by atoms with Gasteiger partial charge in [0.25, 0.3) is 0 Å². The van der Waals surface area contributed by atoms with Gasteiger partial charge in [0, 0.05) is 0 Å². The molecule has 2 rings (SSSR count). The normalized spacial score (nSPS) is 45.8. The van der Waals surface area contributed by atoms with Crippen molar-refractivity contribution in [1.29, 1.82) is 0 Å². The first-order valence-corrected chi connectivity index (χ1v) is 4.92. The van der Waals surface area contributed by atoms with Gasteiger partial charge in [-0.25, -0.2) is 0 Å². The van der Waals surface area contributed by atoms with Crippen LogP contribution < -0.4 is 0 Å². The van der Waals surface area contributed by atoms with Crippen LogP contribution in [0.4, 0.5) is 0 Å². The molecule has 1 nitrogen and oxygen atoms in total. The molecule has 2 aliphatic carbocycles. The minimum Gasteiger partial charge on any atom is -0.390 e. The second-order valence-electron chi connectivity index (χ2n) is 4.55. The zero-order chi connectivity index (χ0) is 7.90. The summed E-state index contributed by atoms with van der Waals surface area (Å²) < 4.78 is 0. The number of aliphatic hydroxyl groups is 1. The van der Waals surface area contributed by atoms with E-state index in [0.29, 0.717) is 5.92 Å². The summed E-state index contributed by atoms with van der Waals surface area (Å²) >= 11 is 0. The minimum absolute atomic E-state index is 0.320. The lowest BCUT2D eigenvalue weighted by atomic mass is 9.74. The van der Waals surface area contributed by atoms with Crippen LogP contribution >= 0.6 is 0 Å². The molecule has 0 amide bonds. The van der Waals surface area contributed by atoms with Crippen molar-refractivity contribution in [3.8, 4) is 0 Å². The largest absolute Gasteiger partial charge is 0.390 e. The maximum Gasteiger partial charge on any atom is 0.0650 e. The van der Waals surface area contributed by atoms with Crippen molar-refractivity contribution in [1.82, 2.24) is 0 Å². The van der Waals surface area contributed by atoms with Crippen LogP contribution in [0.3, 0.4) is 0 Å². The smallest absolute Gasteiger partial charge is 0.0650 e. The molecule has 0 bridgehead atoms. The summed E-state index contributed by atoms with van der Waals surface area (Å²) in [4.78, 5) is 0. The van der Waals surface area contributed by atoms with Crippen LogP contribution in [-0.2, 0) is 0 Å². The Bertz CT molecular complexity index is 147. The summed E-state index contributed by atoms with van der Waals surface area (Å²) in [5, 5.41) is 10.0. The van der Waals surface area contributed by atoms with Crippen LogP contribution in [0, 0.1) is 11.8 Å². The standard InChI is InChI=1S/C10H18O/c1-10(11)7-3-2-4-9(10)8-5-6-8/h8-9,11H,2-7H2,1H3. The molecular formula is C10H18O. The molecule has 0 radical (unpaired) electrons. The van der Waals surface area contributed by atoms with Crippen molar-refractivity contribution in [3.63, 3.8) is 0 Å². The molecule has 0 heterocycles. The molecule has 2 unspecified atom stereocenters. The van der Waals surface area contributed by atoms with Crippen LogP contribution in [0.15, 0.2) is 0 Å². The van der Waals surface area contributed by atoms with E-state index in [1.54, 1.807) is 0 Å². The van der Waals surface area contributed by atoms with Crippen molar-refractivity contribution in [2.75, 3.05) is 0 Å². The SMILES string of the molecule is CC1(O)CCCCC1C1CC1. The van der Waals surface area contributed by atoms with E-state index < -0.39 is 0 Å². The van der Waals surface area contributed by atoms with Gasteiger partial charge in [-0.15, -0.1) is 0 Å². The summed E-state index contributed by atoms with van der Waals surface area (Å²) in [7, 11) is 0. The molecule has 2 atom stereocenters. The fraction of sp³-hybridized carbons (Fsp3) is 1.00. The maximum atomic E-state index is 10.0. The van der Waals surface area contributed by atoms with Gasteiger partial charge in [0.05, 0.1) is 5.60 Å². The van der Waals surface area contributed by atoms with E-state index in [1.807, 2.05) is 6.92 Å². The number of rotatable bonds is 1. The van der Waals surface area contributed by atoms with Gasteiger partial charge >= 0.3 is 0 Å². The molecule has 2 saturated carbocycles. The average molecular weight is 154 g/mol. The van der Waals surface area contributed by atoms with E-state index in [1.165, 1.54) is 32.1 Å². The second kappa shape index (κ2) is 2.48. The highest BCUT2D eigenvalue weighted by molar-refractivity contribution is 4.94. The lowest BCUT2D eigenvalue weighted by Crippen LogP contribution is -2.38. The van der Waals surface area contributed by atoms with Gasteiger partial charge in [0.2, 0.25) is 0 Å². The van der Waals surface area contributed by atoms with Crippen LogP contribution in [0.2, 0.25) is 0 Å². The first-order chi connectivity index (χ1) is 5.20. The van der Waals surface area contributed by atoms with Crippen LogP contribution in [0.25, 0.3) is 0 Å². The van der Waals surface area contributed by atoms with Crippen molar-refractivity contribution in [2.45, 2.75) is 51.0 Å². The fourth-order valence-electron chi connectivity index (χ4n) is 2.59. The van der Waals surface area contributed by atoms with Gasteiger partial charge in [-0.05, 0) is 44.4 Å². The topological polar surface area (TPSA) is 20.2 Å².